The third-order valence-electron chi connectivity index (χ3n) is 3.93. The highest BCUT2D eigenvalue weighted by atomic mass is 16.2. The first-order valence-electron chi connectivity index (χ1n) is 6.46. The lowest BCUT2D eigenvalue weighted by molar-refractivity contribution is -0.120. The standard InChI is InChI=1S/C14H19N3O/c1-9-6-10(2)13-11(7-9)17-5-4-15-8-12(17)14(18)16(13)3/h6-7,12,15H,4-5,8H2,1-3H3. The third-order valence-corrected chi connectivity index (χ3v) is 3.93. The number of aryl methyl sites for hydroxylation is 2. The number of rotatable bonds is 0. The molecule has 4 nitrogen and oxygen atoms in total. The third kappa shape index (κ3) is 1.52. The summed E-state index contributed by atoms with van der Waals surface area (Å²) in [6.07, 6.45) is 0. The zero-order valence-electron chi connectivity index (χ0n) is 11.2. The Morgan fingerprint density at radius 2 is 2.11 bits per heavy atom. The average molecular weight is 245 g/mol. The lowest BCUT2D eigenvalue weighted by Crippen LogP contribution is -2.61. The SMILES string of the molecule is Cc1cc(C)c2c(c1)N1CCNCC1C(=O)N2C. The zero-order valence-corrected chi connectivity index (χ0v) is 11.2. The second-order valence-electron chi connectivity index (χ2n) is 5.26. The summed E-state index contributed by atoms with van der Waals surface area (Å²) in [5.74, 6) is 0.196. The van der Waals surface area contributed by atoms with Gasteiger partial charge in [0.1, 0.15) is 6.04 Å². The Labute approximate surface area is 108 Å². The molecule has 1 N–H and O–H groups in total. The number of carbonyl (C=O) groups is 1. The molecule has 1 aromatic carbocycles. The molecule has 0 saturated carbocycles. The fourth-order valence-corrected chi connectivity index (χ4v) is 3.14. The Kier molecular flexibility index (Phi) is 2.55. The molecule has 2 aliphatic heterocycles. The summed E-state index contributed by atoms with van der Waals surface area (Å²) in [6.45, 7) is 6.79. The summed E-state index contributed by atoms with van der Waals surface area (Å²) in [6, 6.07) is 4.30. The fraction of sp³-hybridized carbons (Fsp3) is 0.500. The average Bonchev–Trinajstić information content (AvgIpc) is 2.35. The van der Waals surface area contributed by atoms with Crippen molar-refractivity contribution in [2.75, 3.05) is 36.5 Å². The van der Waals surface area contributed by atoms with Crippen LogP contribution in [0.2, 0.25) is 0 Å². The molecular weight excluding hydrogens is 226 g/mol. The molecule has 0 spiro atoms. The maximum Gasteiger partial charge on any atom is 0.250 e. The first kappa shape index (κ1) is 11.5. The number of hydrogen-bond acceptors (Lipinski definition) is 3. The molecular formula is C14H19N3O. The van der Waals surface area contributed by atoms with Crippen LogP contribution in [0.25, 0.3) is 0 Å². The van der Waals surface area contributed by atoms with Crippen molar-refractivity contribution in [2.24, 2.45) is 0 Å². The van der Waals surface area contributed by atoms with Gasteiger partial charge in [0.05, 0.1) is 11.4 Å². The summed E-state index contributed by atoms with van der Waals surface area (Å²) >= 11 is 0. The van der Waals surface area contributed by atoms with Gasteiger partial charge in [-0.2, -0.15) is 0 Å². The zero-order chi connectivity index (χ0) is 12.9. The normalized spacial score (nSPS) is 22.8. The van der Waals surface area contributed by atoms with Crippen molar-refractivity contribution in [3.8, 4) is 0 Å². The van der Waals surface area contributed by atoms with E-state index >= 15 is 0 Å². The van der Waals surface area contributed by atoms with Crippen LogP contribution in [-0.2, 0) is 4.79 Å². The highest BCUT2D eigenvalue weighted by Gasteiger charge is 2.38. The predicted molar refractivity (Wildman–Crippen MR) is 73.3 cm³/mol. The second kappa shape index (κ2) is 3.99. The highest BCUT2D eigenvalue weighted by molar-refractivity contribution is 6.06. The fourth-order valence-electron chi connectivity index (χ4n) is 3.14. The molecule has 1 saturated heterocycles. The number of nitrogens with zero attached hydrogens (tertiary/aromatic N) is 2. The first-order chi connectivity index (χ1) is 8.59. The van der Waals surface area contributed by atoms with Crippen molar-refractivity contribution in [1.82, 2.24) is 5.32 Å². The summed E-state index contributed by atoms with van der Waals surface area (Å²) < 4.78 is 0. The van der Waals surface area contributed by atoms with E-state index in [9.17, 15) is 4.79 Å². The van der Waals surface area contributed by atoms with Gasteiger partial charge in [-0.05, 0) is 31.0 Å². The second-order valence-corrected chi connectivity index (χ2v) is 5.26. The van der Waals surface area contributed by atoms with E-state index in [2.05, 4.69) is 36.2 Å². The van der Waals surface area contributed by atoms with E-state index < -0.39 is 0 Å². The van der Waals surface area contributed by atoms with Crippen LogP contribution in [-0.4, -0.2) is 38.6 Å². The smallest absolute Gasteiger partial charge is 0.250 e. The van der Waals surface area contributed by atoms with E-state index in [1.807, 2.05) is 11.9 Å². The van der Waals surface area contributed by atoms with E-state index in [1.54, 1.807) is 0 Å². The van der Waals surface area contributed by atoms with Gasteiger partial charge in [0, 0.05) is 26.7 Å². The van der Waals surface area contributed by atoms with Gasteiger partial charge in [-0.3, -0.25) is 4.79 Å². The number of piperazine rings is 1. The largest absolute Gasteiger partial charge is 0.355 e. The van der Waals surface area contributed by atoms with Crippen LogP contribution in [0, 0.1) is 13.8 Å². The molecule has 2 aliphatic rings. The van der Waals surface area contributed by atoms with Crippen LogP contribution in [0.4, 0.5) is 11.4 Å². The topological polar surface area (TPSA) is 35.6 Å². The monoisotopic (exact) mass is 245 g/mol. The molecule has 3 rings (SSSR count). The first-order valence-corrected chi connectivity index (χ1v) is 6.46. The maximum absolute atomic E-state index is 12.4. The Morgan fingerprint density at radius 3 is 2.89 bits per heavy atom. The molecule has 1 aromatic rings. The maximum atomic E-state index is 12.4. The molecule has 1 fully saturated rings. The van der Waals surface area contributed by atoms with Crippen molar-refractivity contribution in [1.29, 1.82) is 0 Å². The van der Waals surface area contributed by atoms with E-state index in [0.29, 0.717) is 0 Å². The Hall–Kier alpha value is -1.55. The molecule has 96 valence electrons. The van der Waals surface area contributed by atoms with Crippen molar-refractivity contribution in [2.45, 2.75) is 19.9 Å². The lowest BCUT2D eigenvalue weighted by Gasteiger charge is -2.45. The molecule has 4 heteroatoms. The number of fused-ring (bicyclic) bond motifs is 3. The predicted octanol–water partition coefficient (Wildman–Crippen LogP) is 1.06. The van der Waals surface area contributed by atoms with Crippen molar-refractivity contribution >= 4 is 17.3 Å². The number of nitrogens with one attached hydrogen (secondary N) is 1. The minimum Gasteiger partial charge on any atom is -0.355 e. The van der Waals surface area contributed by atoms with Gasteiger partial charge >= 0.3 is 0 Å². The van der Waals surface area contributed by atoms with Crippen molar-refractivity contribution < 1.29 is 4.79 Å². The number of benzene rings is 1. The minimum atomic E-state index is -0.0440. The summed E-state index contributed by atoms with van der Waals surface area (Å²) in [4.78, 5) is 16.5. The van der Waals surface area contributed by atoms with Crippen LogP contribution in [0.3, 0.4) is 0 Å². The van der Waals surface area contributed by atoms with Gasteiger partial charge in [-0.25, -0.2) is 0 Å². The highest BCUT2D eigenvalue weighted by Crippen LogP contribution is 2.39. The quantitative estimate of drug-likeness (QED) is 0.742. The van der Waals surface area contributed by atoms with E-state index in [1.165, 1.54) is 16.8 Å². The van der Waals surface area contributed by atoms with Gasteiger partial charge in [-0.15, -0.1) is 0 Å². The molecule has 0 aliphatic carbocycles. The summed E-state index contributed by atoms with van der Waals surface area (Å²) in [5, 5.41) is 3.31. The molecule has 18 heavy (non-hydrogen) atoms. The lowest BCUT2D eigenvalue weighted by atomic mass is 9.99. The molecule has 0 bridgehead atoms. The molecule has 2 heterocycles. The summed E-state index contributed by atoms with van der Waals surface area (Å²) in [5.41, 5.74) is 4.72. The van der Waals surface area contributed by atoms with Crippen molar-refractivity contribution in [3.05, 3.63) is 23.3 Å². The van der Waals surface area contributed by atoms with Gasteiger partial charge in [0.25, 0.3) is 5.91 Å². The van der Waals surface area contributed by atoms with Gasteiger partial charge in [-0.1, -0.05) is 6.07 Å². The molecule has 0 radical (unpaired) electrons. The van der Waals surface area contributed by atoms with Gasteiger partial charge < -0.3 is 15.1 Å². The number of carbonyl (C=O) groups excluding carboxylic acids is 1. The number of hydrogen-bond donors (Lipinski definition) is 1. The van der Waals surface area contributed by atoms with E-state index in [-0.39, 0.29) is 11.9 Å². The number of amides is 1. The molecule has 1 amide bonds. The minimum absolute atomic E-state index is 0.0440. The van der Waals surface area contributed by atoms with Crippen molar-refractivity contribution in [3.63, 3.8) is 0 Å². The van der Waals surface area contributed by atoms with E-state index in [4.69, 9.17) is 0 Å². The van der Waals surface area contributed by atoms with Gasteiger partial charge in [0.2, 0.25) is 0 Å². The Bertz CT molecular complexity index is 512. The van der Waals surface area contributed by atoms with Crippen LogP contribution >= 0.6 is 0 Å². The van der Waals surface area contributed by atoms with E-state index in [0.717, 1.165) is 25.3 Å². The summed E-state index contributed by atoms with van der Waals surface area (Å²) in [7, 11) is 1.88. The molecule has 1 unspecified atom stereocenters. The molecule has 1 atom stereocenters. The Morgan fingerprint density at radius 1 is 1.33 bits per heavy atom. The Balaban J connectivity index is 2.18. The van der Waals surface area contributed by atoms with Crippen LogP contribution in [0.5, 0.6) is 0 Å². The number of anilines is 2. The van der Waals surface area contributed by atoms with Crippen LogP contribution < -0.4 is 15.1 Å². The van der Waals surface area contributed by atoms with Crippen LogP contribution in [0.1, 0.15) is 11.1 Å². The number of likely N-dealkylation sites (N-methyl/N-ethyl adjacent to an activating group) is 1. The van der Waals surface area contributed by atoms with Crippen LogP contribution in [0.15, 0.2) is 12.1 Å². The molecule has 0 aromatic heterocycles. The van der Waals surface area contributed by atoms with Gasteiger partial charge in [0.15, 0.2) is 0 Å².